The maximum atomic E-state index is 6.07. The molecule has 0 radical (unpaired) electrons. The minimum absolute atomic E-state index is 0.380. The van der Waals surface area contributed by atoms with Gasteiger partial charge in [-0.05, 0) is 41.1 Å². The number of halogens is 2. The third-order valence-corrected chi connectivity index (χ3v) is 3.74. The summed E-state index contributed by atoms with van der Waals surface area (Å²) >= 11 is 9.43. The van der Waals surface area contributed by atoms with Crippen LogP contribution in [0.4, 0.5) is 0 Å². The molecule has 0 saturated carbocycles. The first-order valence-corrected chi connectivity index (χ1v) is 6.42. The van der Waals surface area contributed by atoms with E-state index in [0.29, 0.717) is 11.6 Å². The van der Waals surface area contributed by atoms with Gasteiger partial charge in [-0.1, -0.05) is 11.6 Å². The first-order valence-electron chi connectivity index (χ1n) is 5.25. The fourth-order valence-electron chi connectivity index (χ4n) is 1.67. The second kappa shape index (κ2) is 5.16. The summed E-state index contributed by atoms with van der Waals surface area (Å²) in [5, 5.41) is 8.88. The fraction of sp³-hybridized carbons (Fsp3) is 0.273. The summed E-state index contributed by atoms with van der Waals surface area (Å²) < 4.78 is 2.85. The van der Waals surface area contributed by atoms with E-state index in [9.17, 15) is 0 Å². The Morgan fingerprint density at radius 1 is 1.41 bits per heavy atom. The van der Waals surface area contributed by atoms with E-state index < -0.39 is 0 Å². The van der Waals surface area contributed by atoms with E-state index in [1.165, 1.54) is 0 Å². The fourth-order valence-corrected chi connectivity index (χ4v) is 2.09. The van der Waals surface area contributed by atoms with E-state index >= 15 is 0 Å². The van der Waals surface area contributed by atoms with Gasteiger partial charge in [0.15, 0.2) is 5.82 Å². The Bertz CT molecular complexity index is 538. The molecule has 2 aromatic rings. The first kappa shape index (κ1) is 12.5. The maximum Gasteiger partial charge on any atom is 0.164 e. The van der Waals surface area contributed by atoms with Crippen LogP contribution in [-0.2, 0) is 13.1 Å². The highest BCUT2D eigenvalue weighted by molar-refractivity contribution is 9.10. The van der Waals surface area contributed by atoms with Crippen molar-refractivity contribution in [1.82, 2.24) is 14.8 Å². The highest BCUT2D eigenvalue weighted by atomic mass is 79.9. The highest BCUT2D eigenvalue weighted by Crippen LogP contribution is 2.28. The Morgan fingerprint density at radius 2 is 2.18 bits per heavy atom. The molecule has 0 saturated heterocycles. The predicted octanol–water partition coefficient (Wildman–Crippen LogP) is 2.84. The minimum Gasteiger partial charge on any atom is -0.324 e. The quantitative estimate of drug-likeness (QED) is 0.947. The molecule has 1 aromatic heterocycles. The Kier molecular flexibility index (Phi) is 3.81. The Hall–Kier alpha value is -0.910. The highest BCUT2D eigenvalue weighted by Gasteiger charge is 2.12. The molecule has 90 valence electrons. The van der Waals surface area contributed by atoms with Crippen LogP contribution in [0.25, 0.3) is 11.4 Å². The van der Waals surface area contributed by atoms with Gasteiger partial charge in [0, 0.05) is 16.6 Å². The van der Waals surface area contributed by atoms with Crippen LogP contribution >= 0.6 is 27.5 Å². The largest absolute Gasteiger partial charge is 0.324 e. The van der Waals surface area contributed by atoms with Gasteiger partial charge in [-0.2, -0.15) is 0 Å². The lowest BCUT2D eigenvalue weighted by molar-refractivity contribution is 0.704. The molecule has 0 amide bonds. The monoisotopic (exact) mass is 314 g/mol. The topological polar surface area (TPSA) is 56.7 Å². The van der Waals surface area contributed by atoms with Gasteiger partial charge in [0.2, 0.25) is 0 Å². The zero-order valence-electron chi connectivity index (χ0n) is 9.32. The maximum absolute atomic E-state index is 6.07. The molecule has 0 unspecified atom stereocenters. The van der Waals surface area contributed by atoms with Gasteiger partial charge in [-0.15, -0.1) is 10.2 Å². The molecule has 0 aliphatic carbocycles. The molecule has 2 rings (SSSR count). The van der Waals surface area contributed by atoms with Crippen molar-refractivity contribution in [2.75, 3.05) is 0 Å². The van der Waals surface area contributed by atoms with Crippen LogP contribution in [0.1, 0.15) is 12.7 Å². The van der Waals surface area contributed by atoms with Crippen LogP contribution in [0.15, 0.2) is 22.7 Å². The van der Waals surface area contributed by atoms with Gasteiger partial charge in [0.25, 0.3) is 0 Å². The van der Waals surface area contributed by atoms with Crippen molar-refractivity contribution < 1.29 is 0 Å². The van der Waals surface area contributed by atoms with Crippen molar-refractivity contribution in [3.8, 4) is 11.4 Å². The molecule has 1 heterocycles. The Morgan fingerprint density at radius 3 is 2.76 bits per heavy atom. The van der Waals surface area contributed by atoms with Crippen LogP contribution in [0, 0.1) is 0 Å². The molecule has 0 aliphatic rings. The van der Waals surface area contributed by atoms with E-state index in [4.69, 9.17) is 17.3 Å². The second-order valence-corrected chi connectivity index (χ2v) is 4.78. The average molecular weight is 316 g/mol. The summed E-state index contributed by atoms with van der Waals surface area (Å²) in [6.07, 6.45) is 0. The lowest BCUT2D eigenvalue weighted by atomic mass is 10.2. The summed E-state index contributed by atoms with van der Waals surface area (Å²) in [5.41, 5.74) is 6.55. The molecule has 0 atom stereocenters. The predicted molar refractivity (Wildman–Crippen MR) is 71.7 cm³/mol. The number of rotatable bonds is 3. The number of aromatic nitrogens is 3. The normalized spacial score (nSPS) is 10.8. The number of nitrogens with zero attached hydrogens (tertiary/aromatic N) is 3. The molecular formula is C11H12BrClN4. The van der Waals surface area contributed by atoms with E-state index in [-0.39, 0.29) is 0 Å². The standard InChI is InChI=1S/C11H12BrClN4/c1-2-17-10(6-14)15-16-11(17)7-3-4-8(12)9(13)5-7/h3-5H,2,6,14H2,1H3. The summed E-state index contributed by atoms with van der Waals surface area (Å²) in [6, 6.07) is 5.71. The average Bonchev–Trinajstić information content (AvgIpc) is 2.75. The SMILES string of the molecule is CCn1c(CN)nnc1-c1ccc(Br)c(Cl)c1. The van der Waals surface area contributed by atoms with Gasteiger partial charge < -0.3 is 10.3 Å². The molecule has 17 heavy (non-hydrogen) atoms. The van der Waals surface area contributed by atoms with Crippen LogP contribution in [-0.4, -0.2) is 14.8 Å². The van der Waals surface area contributed by atoms with Gasteiger partial charge in [-0.3, -0.25) is 0 Å². The summed E-state index contributed by atoms with van der Waals surface area (Å²) in [5.74, 6) is 1.57. The van der Waals surface area contributed by atoms with Crippen molar-refractivity contribution in [3.05, 3.63) is 33.5 Å². The van der Waals surface area contributed by atoms with Crippen LogP contribution in [0.3, 0.4) is 0 Å². The summed E-state index contributed by atoms with van der Waals surface area (Å²) in [4.78, 5) is 0. The zero-order valence-corrected chi connectivity index (χ0v) is 11.7. The minimum atomic E-state index is 0.380. The molecular weight excluding hydrogens is 304 g/mol. The number of hydrogen-bond donors (Lipinski definition) is 1. The summed E-state index contributed by atoms with van der Waals surface area (Å²) in [6.45, 7) is 3.19. The lowest BCUT2D eigenvalue weighted by Gasteiger charge is -2.07. The van der Waals surface area contributed by atoms with Crippen molar-refractivity contribution >= 4 is 27.5 Å². The van der Waals surface area contributed by atoms with Gasteiger partial charge in [0.05, 0.1) is 11.6 Å². The van der Waals surface area contributed by atoms with Gasteiger partial charge in [-0.25, -0.2) is 0 Å². The van der Waals surface area contributed by atoms with E-state index in [1.807, 2.05) is 29.7 Å². The van der Waals surface area contributed by atoms with Crippen molar-refractivity contribution in [1.29, 1.82) is 0 Å². The van der Waals surface area contributed by atoms with Crippen molar-refractivity contribution in [2.45, 2.75) is 20.0 Å². The number of benzene rings is 1. The molecule has 2 N–H and O–H groups in total. The van der Waals surface area contributed by atoms with Gasteiger partial charge >= 0.3 is 0 Å². The van der Waals surface area contributed by atoms with Crippen molar-refractivity contribution in [2.24, 2.45) is 5.73 Å². The smallest absolute Gasteiger partial charge is 0.164 e. The van der Waals surface area contributed by atoms with Crippen LogP contribution in [0.2, 0.25) is 5.02 Å². The van der Waals surface area contributed by atoms with Crippen LogP contribution in [0.5, 0.6) is 0 Å². The van der Waals surface area contributed by atoms with E-state index in [1.54, 1.807) is 0 Å². The lowest BCUT2D eigenvalue weighted by Crippen LogP contribution is -2.08. The van der Waals surface area contributed by atoms with E-state index in [2.05, 4.69) is 26.1 Å². The molecule has 1 aromatic carbocycles. The Labute approximate surface area is 113 Å². The molecule has 6 heteroatoms. The van der Waals surface area contributed by atoms with Crippen molar-refractivity contribution in [3.63, 3.8) is 0 Å². The molecule has 0 spiro atoms. The third kappa shape index (κ3) is 2.36. The number of nitrogens with two attached hydrogens (primary N) is 1. The molecule has 0 fully saturated rings. The van der Waals surface area contributed by atoms with E-state index in [0.717, 1.165) is 28.2 Å². The van der Waals surface area contributed by atoms with Crippen LogP contribution < -0.4 is 5.73 Å². The second-order valence-electron chi connectivity index (χ2n) is 3.52. The first-order chi connectivity index (χ1) is 8.17. The molecule has 0 bridgehead atoms. The Balaban J connectivity index is 2.52. The van der Waals surface area contributed by atoms with Gasteiger partial charge in [0.1, 0.15) is 5.82 Å². The molecule has 4 nitrogen and oxygen atoms in total. The third-order valence-electron chi connectivity index (χ3n) is 2.50. The number of hydrogen-bond acceptors (Lipinski definition) is 3. The summed E-state index contributed by atoms with van der Waals surface area (Å²) in [7, 11) is 0. The zero-order chi connectivity index (χ0) is 12.4. The molecule has 0 aliphatic heterocycles.